The Hall–Kier alpha value is -3.15. The first-order chi connectivity index (χ1) is 13.2. The van der Waals surface area contributed by atoms with Crippen molar-refractivity contribution in [1.82, 2.24) is 10.1 Å². The lowest BCUT2D eigenvalue weighted by atomic mass is 10.2. The molecule has 3 aromatic rings. The van der Waals surface area contributed by atoms with Crippen LogP contribution in [0.15, 0.2) is 59.1 Å². The average molecular weight is 364 g/mol. The number of carbonyl (C=O) groups is 1. The Morgan fingerprint density at radius 1 is 1.04 bits per heavy atom. The molecule has 1 heterocycles. The summed E-state index contributed by atoms with van der Waals surface area (Å²) in [5, 5.41) is 6.87. The minimum atomic E-state index is -0.0787. The molecule has 1 aromatic heterocycles. The van der Waals surface area contributed by atoms with Crippen LogP contribution in [0.3, 0.4) is 0 Å². The monoisotopic (exact) mass is 364 g/mol. The Morgan fingerprint density at radius 3 is 2.41 bits per heavy atom. The maximum absolute atomic E-state index is 12.2. The van der Waals surface area contributed by atoms with Crippen LogP contribution in [0.1, 0.15) is 26.2 Å². The largest absolute Gasteiger partial charge is 0.372 e. The predicted octanol–water partition coefficient (Wildman–Crippen LogP) is 4.15. The quantitative estimate of drug-likeness (QED) is 0.650. The van der Waals surface area contributed by atoms with E-state index in [4.69, 9.17) is 4.52 Å². The fourth-order valence-corrected chi connectivity index (χ4v) is 2.85. The Bertz CT molecular complexity index is 855. The van der Waals surface area contributed by atoms with E-state index in [1.165, 1.54) is 0 Å². The Kier molecular flexibility index (Phi) is 6.20. The van der Waals surface area contributed by atoms with Gasteiger partial charge in [-0.25, -0.2) is 0 Å². The van der Waals surface area contributed by atoms with Gasteiger partial charge >= 0.3 is 0 Å². The van der Waals surface area contributed by atoms with Crippen molar-refractivity contribution in [2.75, 3.05) is 23.3 Å². The SMILES string of the molecule is CCN(CC)c1ccc(NC(=O)CCc2nc(-c3ccccc3)no2)cc1. The third kappa shape index (κ3) is 4.94. The smallest absolute Gasteiger partial charge is 0.227 e. The third-order valence-electron chi connectivity index (χ3n) is 4.35. The number of nitrogens with one attached hydrogen (secondary N) is 1. The van der Waals surface area contributed by atoms with Crippen molar-refractivity contribution in [2.45, 2.75) is 26.7 Å². The number of hydrogen-bond acceptors (Lipinski definition) is 5. The molecule has 0 aliphatic rings. The van der Waals surface area contributed by atoms with Crippen molar-refractivity contribution in [3.8, 4) is 11.4 Å². The van der Waals surface area contributed by atoms with Gasteiger partial charge in [0.2, 0.25) is 17.6 Å². The summed E-state index contributed by atoms with van der Waals surface area (Å²) in [5.74, 6) is 0.920. The minimum Gasteiger partial charge on any atom is -0.372 e. The van der Waals surface area contributed by atoms with Crippen LogP contribution < -0.4 is 10.2 Å². The molecule has 0 atom stereocenters. The molecule has 27 heavy (non-hydrogen) atoms. The Labute approximate surface area is 159 Å². The zero-order valence-electron chi connectivity index (χ0n) is 15.7. The molecule has 2 aromatic carbocycles. The second-order valence-corrected chi connectivity index (χ2v) is 6.15. The molecule has 6 nitrogen and oxygen atoms in total. The van der Waals surface area contributed by atoms with Gasteiger partial charge in [0, 0.05) is 42.9 Å². The molecule has 140 valence electrons. The first kappa shape index (κ1) is 18.6. The molecule has 0 radical (unpaired) electrons. The standard InChI is InChI=1S/C21H24N4O2/c1-3-25(4-2)18-12-10-17(11-13-18)22-19(26)14-15-20-23-21(24-27-20)16-8-6-5-7-9-16/h5-13H,3-4,14-15H2,1-2H3,(H,22,26). The van der Waals surface area contributed by atoms with Crippen molar-refractivity contribution in [2.24, 2.45) is 0 Å². The van der Waals surface area contributed by atoms with E-state index in [0.717, 1.165) is 30.0 Å². The number of benzene rings is 2. The van der Waals surface area contributed by atoms with Gasteiger partial charge in [0.15, 0.2) is 0 Å². The molecule has 0 saturated carbocycles. The summed E-state index contributed by atoms with van der Waals surface area (Å²) in [7, 11) is 0. The lowest BCUT2D eigenvalue weighted by Crippen LogP contribution is -2.21. The summed E-state index contributed by atoms with van der Waals surface area (Å²) < 4.78 is 5.24. The van der Waals surface area contributed by atoms with E-state index < -0.39 is 0 Å². The van der Waals surface area contributed by atoms with Gasteiger partial charge in [0.1, 0.15) is 0 Å². The van der Waals surface area contributed by atoms with Crippen LogP contribution in [0.5, 0.6) is 0 Å². The van der Waals surface area contributed by atoms with Crippen molar-refractivity contribution in [3.63, 3.8) is 0 Å². The highest BCUT2D eigenvalue weighted by Gasteiger charge is 2.11. The molecule has 0 unspecified atom stereocenters. The molecule has 1 N–H and O–H groups in total. The van der Waals surface area contributed by atoms with Gasteiger partial charge in [-0.05, 0) is 38.1 Å². The summed E-state index contributed by atoms with van der Waals surface area (Å²) >= 11 is 0. The number of aromatic nitrogens is 2. The van der Waals surface area contributed by atoms with Gasteiger partial charge in [-0.1, -0.05) is 35.5 Å². The molecule has 6 heteroatoms. The summed E-state index contributed by atoms with van der Waals surface area (Å²) in [6.07, 6.45) is 0.692. The number of nitrogens with zero attached hydrogens (tertiary/aromatic N) is 3. The number of aryl methyl sites for hydroxylation is 1. The van der Waals surface area contributed by atoms with Crippen molar-refractivity contribution in [1.29, 1.82) is 0 Å². The first-order valence-corrected chi connectivity index (χ1v) is 9.22. The summed E-state index contributed by atoms with van der Waals surface area (Å²) in [6.45, 7) is 6.16. The highest BCUT2D eigenvalue weighted by atomic mass is 16.5. The molecule has 0 spiro atoms. The fraction of sp³-hybridized carbons (Fsp3) is 0.286. The first-order valence-electron chi connectivity index (χ1n) is 9.22. The van der Waals surface area contributed by atoms with Crippen LogP contribution in [-0.4, -0.2) is 29.1 Å². The fourth-order valence-electron chi connectivity index (χ4n) is 2.85. The van der Waals surface area contributed by atoms with E-state index in [1.807, 2.05) is 54.6 Å². The van der Waals surface area contributed by atoms with Gasteiger partial charge in [-0.3, -0.25) is 4.79 Å². The van der Waals surface area contributed by atoms with Gasteiger partial charge in [0.25, 0.3) is 0 Å². The molecular weight excluding hydrogens is 340 g/mol. The molecule has 3 rings (SSSR count). The van der Waals surface area contributed by atoms with Crippen LogP contribution in [0.4, 0.5) is 11.4 Å². The van der Waals surface area contributed by atoms with Gasteiger partial charge in [-0.2, -0.15) is 4.98 Å². The molecule has 0 bridgehead atoms. The zero-order valence-corrected chi connectivity index (χ0v) is 15.7. The van der Waals surface area contributed by atoms with Gasteiger partial charge in [0.05, 0.1) is 0 Å². The molecular formula is C21H24N4O2. The van der Waals surface area contributed by atoms with E-state index in [2.05, 4.69) is 34.2 Å². The number of amides is 1. The average Bonchev–Trinajstić information content (AvgIpc) is 3.18. The lowest BCUT2D eigenvalue weighted by Gasteiger charge is -2.21. The van der Waals surface area contributed by atoms with Gasteiger partial charge in [-0.15, -0.1) is 0 Å². The van der Waals surface area contributed by atoms with E-state index in [-0.39, 0.29) is 12.3 Å². The number of hydrogen-bond donors (Lipinski definition) is 1. The van der Waals surface area contributed by atoms with E-state index in [9.17, 15) is 4.79 Å². The summed E-state index contributed by atoms with van der Waals surface area (Å²) in [4.78, 5) is 18.8. The lowest BCUT2D eigenvalue weighted by molar-refractivity contribution is -0.116. The normalized spacial score (nSPS) is 10.6. The highest BCUT2D eigenvalue weighted by molar-refractivity contribution is 5.90. The number of anilines is 2. The maximum atomic E-state index is 12.2. The van der Waals surface area contributed by atoms with Crippen LogP contribution >= 0.6 is 0 Å². The molecule has 0 aliphatic carbocycles. The minimum absolute atomic E-state index is 0.0787. The van der Waals surface area contributed by atoms with Crippen LogP contribution in [0.2, 0.25) is 0 Å². The van der Waals surface area contributed by atoms with E-state index >= 15 is 0 Å². The van der Waals surface area contributed by atoms with Crippen molar-refractivity contribution in [3.05, 3.63) is 60.5 Å². The van der Waals surface area contributed by atoms with Gasteiger partial charge < -0.3 is 14.7 Å². The highest BCUT2D eigenvalue weighted by Crippen LogP contribution is 2.18. The molecule has 0 fully saturated rings. The zero-order chi connectivity index (χ0) is 19.1. The maximum Gasteiger partial charge on any atom is 0.227 e. The van der Waals surface area contributed by atoms with Crippen LogP contribution in [0.25, 0.3) is 11.4 Å². The summed E-state index contributed by atoms with van der Waals surface area (Å²) in [6, 6.07) is 17.5. The summed E-state index contributed by atoms with van der Waals surface area (Å²) in [5.41, 5.74) is 2.83. The second kappa shape index (κ2) is 8.98. The molecule has 1 amide bonds. The number of carbonyl (C=O) groups excluding carboxylic acids is 1. The van der Waals surface area contributed by atoms with E-state index in [1.54, 1.807) is 0 Å². The molecule has 0 aliphatic heterocycles. The van der Waals surface area contributed by atoms with Crippen molar-refractivity contribution < 1.29 is 9.32 Å². The van der Waals surface area contributed by atoms with Crippen LogP contribution in [0, 0.1) is 0 Å². The Morgan fingerprint density at radius 2 is 1.74 bits per heavy atom. The number of rotatable bonds is 8. The Balaban J connectivity index is 1.52. The van der Waals surface area contributed by atoms with Crippen molar-refractivity contribution >= 4 is 17.3 Å². The second-order valence-electron chi connectivity index (χ2n) is 6.15. The third-order valence-corrected chi connectivity index (χ3v) is 4.35. The topological polar surface area (TPSA) is 71.3 Å². The van der Waals surface area contributed by atoms with E-state index in [0.29, 0.717) is 18.1 Å². The molecule has 0 saturated heterocycles. The van der Waals surface area contributed by atoms with Crippen LogP contribution in [-0.2, 0) is 11.2 Å². The predicted molar refractivity (Wildman–Crippen MR) is 107 cm³/mol.